The van der Waals surface area contributed by atoms with Crippen molar-refractivity contribution in [3.8, 4) is 0 Å². The highest BCUT2D eigenvalue weighted by molar-refractivity contribution is 7.09. The number of nitrogens with two attached hydrogens (primary N) is 1. The summed E-state index contributed by atoms with van der Waals surface area (Å²) in [6, 6.07) is 4.05. The molecule has 1 fully saturated rings. The molecule has 14 heavy (non-hydrogen) atoms. The van der Waals surface area contributed by atoms with Crippen LogP contribution in [-0.2, 0) is 6.42 Å². The maximum atomic E-state index is 14.3. The molecule has 3 heteroatoms. The predicted octanol–water partition coefficient (Wildman–Crippen LogP) is 2.90. The third-order valence-corrected chi connectivity index (χ3v) is 3.78. The van der Waals surface area contributed by atoms with Crippen molar-refractivity contribution in [2.75, 3.05) is 0 Å². The van der Waals surface area contributed by atoms with Crippen LogP contribution in [0.4, 0.5) is 4.39 Å². The molecule has 0 radical (unpaired) electrons. The second-order valence-corrected chi connectivity index (χ2v) is 5.30. The van der Waals surface area contributed by atoms with Crippen molar-refractivity contribution in [2.45, 2.75) is 43.8 Å². The van der Waals surface area contributed by atoms with Gasteiger partial charge in [0, 0.05) is 17.3 Å². The molecule has 0 saturated heterocycles. The van der Waals surface area contributed by atoms with Gasteiger partial charge in [-0.2, -0.15) is 0 Å². The number of halogens is 1. The van der Waals surface area contributed by atoms with E-state index in [0.29, 0.717) is 19.3 Å². The first-order chi connectivity index (χ1) is 6.68. The van der Waals surface area contributed by atoms with E-state index in [0.717, 1.165) is 17.7 Å². The van der Waals surface area contributed by atoms with Crippen molar-refractivity contribution >= 4 is 11.3 Å². The summed E-state index contributed by atoms with van der Waals surface area (Å²) < 4.78 is 14.3. The molecule has 2 rings (SSSR count). The number of hydrogen-bond donors (Lipinski definition) is 1. The van der Waals surface area contributed by atoms with E-state index in [1.54, 1.807) is 11.3 Å². The molecular formula is C11H16FNS. The summed E-state index contributed by atoms with van der Waals surface area (Å²) in [6.07, 6.45) is 3.68. The first kappa shape index (κ1) is 10.1. The van der Waals surface area contributed by atoms with Crippen LogP contribution >= 0.6 is 11.3 Å². The van der Waals surface area contributed by atoms with E-state index in [1.165, 1.54) is 0 Å². The van der Waals surface area contributed by atoms with Gasteiger partial charge in [0.2, 0.25) is 0 Å². The average molecular weight is 213 g/mol. The van der Waals surface area contributed by atoms with Gasteiger partial charge in [-0.1, -0.05) is 6.07 Å². The minimum Gasteiger partial charge on any atom is -0.328 e. The SMILES string of the molecule is NC1CCCC(F)(Cc2cccs2)C1. The molecule has 1 nitrogen and oxygen atoms in total. The van der Waals surface area contributed by atoms with Gasteiger partial charge < -0.3 is 5.73 Å². The second-order valence-electron chi connectivity index (χ2n) is 4.26. The number of rotatable bonds is 2. The van der Waals surface area contributed by atoms with E-state index in [-0.39, 0.29) is 6.04 Å². The quantitative estimate of drug-likeness (QED) is 0.803. The van der Waals surface area contributed by atoms with E-state index in [2.05, 4.69) is 0 Å². The van der Waals surface area contributed by atoms with Crippen molar-refractivity contribution in [3.63, 3.8) is 0 Å². The molecule has 0 aromatic carbocycles. The van der Waals surface area contributed by atoms with Crippen molar-refractivity contribution in [1.82, 2.24) is 0 Å². The van der Waals surface area contributed by atoms with Crippen LogP contribution in [0.25, 0.3) is 0 Å². The number of thiophene rings is 1. The fourth-order valence-corrected chi connectivity index (χ4v) is 3.07. The molecule has 0 bridgehead atoms. The largest absolute Gasteiger partial charge is 0.328 e. The van der Waals surface area contributed by atoms with Crippen molar-refractivity contribution in [3.05, 3.63) is 22.4 Å². The summed E-state index contributed by atoms with van der Waals surface area (Å²) in [7, 11) is 0. The normalized spacial score (nSPS) is 33.1. The zero-order valence-electron chi connectivity index (χ0n) is 8.21. The van der Waals surface area contributed by atoms with Crippen LogP contribution in [0.3, 0.4) is 0 Å². The van der Waals surface area contributed by atoms with Gasteiger partial charge in [0.05, 0.1) is 0 Å². The summed E-state index contributed by atoms with van der Waals surface area (Å²) in [5.41, 5.74) is 4.76. The monoisotopic (exact) mass is 213 g/mol. The molecule has 2 atom stereocenters. The molecule has 0 amide bonds. The van der Waals surface area contributed by atoms with Crippen LogP contribution in [0, 0.1) is 0 Å². The molecule has 1 saturated carbocycles. The zero-order chi connectivity index (χ0) is 10.0. The molecule has 78 valence electrons. The Morgan fingerprint density at radius 1 is 1.64 bits per heavy atom. The lowest BCUT2D eigenvalue weighted by Crippen LogP contribution is -2.39. The molecule has 0 spiro atoms. The second kappa shape index (κ2) is 3.99. The first-order valence-electron chi connectivity index (χ1n) is 5.15. The van der Waals surface area contributed by atoms with Crippen molar-refractivity contribution < 1.29 is 4.39 Å². The minimum absolute atomic E-state index is 0.0636. The van der Waals surface area contributed by atoms with E-state index in [1.807, 2.05) is 17.5 Å². The summed E-state index contributed by atoms with van der Waals surface area (Å²) in [5.74, 6) is 0. The molecular weight excluding hydrogens is 197 g/mol. The molecule has 2 N–H and O–H groups in total. The van der Waals surface area contributed by atoms with Gasteiger partial charge in [0.15, 0.2) is 0 Å². The Labute approximate surface area is 88.1 Å². The van der Waals surface area contributed by atoms with Gasteiger partial charge in [-0.25, -0.2) is 4.39 Å². The lowest BCUT2D eigenvalue weighted by Gasteiger charge is -2.32. The van der Waals surface area contributed by atoms with Crippen LogP contribution in [0.2, 0.25) is 0 Å². The lowest BCUT2D eigenvalue weighted by molar-refractivity contribution is 0.0974. The summed E-state index contributed by atoms with van der Waals surface area (Å²) in [5, 5.41) is 2.00. The maximum absolute atomic E-state index is 14.3. The Bertz CT molecular complexity index is 285. The van der Waals surface area contributed by atoms with E-state index < -0.39 is 5.67 Å². The fourth-order valence-electron chi connectivity index (χ4n) is 2.24. The molecule has 1 aromatic heterocycles. The molecule has 2 unspecified atom stereocenters. The molecule has 1 heterocycles. The zero-order valence-corrected chi connectivity index (χ0v) is 9.02. The summed E-state index contributed by atoms with van der Waals surface area (Å²) in [4.78, 5) is 1.14. The smallest absolute Gasteiger partial charge is 0.117 e. The summed E-state index contributed by atoms with van der Waals surface area (Å²) >= 11 is 1.64. The molecule has 1 aromatic rings. The third kappa shape index (κ3) is 2.34. The Hall–Kier alpha value is -0.410. The van der Waals surface area contributed by atoms with Crippen LogP contribution in [0.1, 0.15) is 30.6 Å². The Morgan fingerprint density at radius 3 is 3.14 bits per heavy atom. The lowest BCUT2D eigenvalue weighted by atomic mass is 9.81. The average Bonchev–Trinajstić information content (AvgIpc) is 2.55. The van der Waals surface area contributed by atoms with Gasteiger partial charge in [-0.15, -0.1) is 11.3 Å². The number of alkyl halides is 1. The van der Waals surface area contributed by atoms with E-state index >= 15 is 0 Å². The third-order valence-electron chi connectivity index (χ3n) is 2.90. The highest BCUT2D eigenvalue weighted by Gasteiger charge is 2.35. The Balaban J connectivity index is 2.01. The fraction of sp³-hybridized carbons (Fsp3) is 0.636. The standard InChI is InChI=1S/C11H16FNS/c12-11(5-1-3-9(13)7-11)8-10-4-2-6-14-10/h2,4,6,9H,1,3,5,7-8,13H2. The molecule has 0 aliphatic heterocycles. The van der Waals surface area contributed by atoms with Crippen LogP contribution in [-0.4, -0.2) is 11.7 Å². The Morgan fingerprint density at radius 2 is 2.50 bits per heavy atom. The van der Waals surface area contributed by atoms with Crippen LogP contribution < -0.4 is 5.73 Å². The maximum Gasteiger partial charge on any atom is 0.117 e. The first-order valence-corrected chi connectivity index (χ1v) is 6.03. The van der Waals surface area contributed by atoms with Crippen LogP contribution in [0.5, 0.6) is 0 Å². The predicted molar refractivity (Wildman–Crippen MR) is 58.3 cm³/mol. The molecule has 1 aliphatic carbocycles. The highest BCUT2D eigenvalue weighted by atomic mass is 32.1. The van der Waals surface area contributed by atoms with Crippen molar-refractivity contribution in [1.29, 1.82) is 0 Å². The van der Waals surface area contributed by atoms with E-state index in [4.69, 9.17) is 5.73 Å². The van der Waals surface area contributed by atoms with Gasteiger partial charge >= 0.3 is 0 Å². The topological polar surface area (TPSA) is 26.0 Å². The minimum atomic E-state index is -1.04. The number of hydrogen-bond acceptors (Lipinski definition) is 2. The van der Waals surface area contributed by atoms with E-state index in [9.17, 15) is 4.39 Å². The highest BCUT2D eigenvalue weighted by Crippen LogP contribution is 2.35. The van der Waals surface area contributed by atoms with Crippen LogP contribution in [0.15, 0.2) is 17.5 Å². The van der Waals surface area contributed by atoms with Crippen molar-refractivity contribution in [2.24, 2.45) is 5.73 Å². The van der Waals surface area contributed by atoms with Gasteiger partial charge in [-0.05, 0) is 37.1 Å². The van der Waals surface area contributed by atoms with Gasteiger partial charge in [0.1, 0.15) is 5.67 Å². The Kier molecular flexibility index (Phi) is 2.88. The summed E-state index contributed by atoms with van der Waals surface area (Å²) in [6.45, 7) is 0. The molecule has 1 aliphatic rings. The van der Waals surface area contributed by atoms with Gasteiger partial charge in [-0.3, -0.25) is 0 Å². The van der Waals surface area contributed by atoms with Gasteiger partial charge in [0.25, 0.3) is 0 Å².